The average molecular weight is 144 g/mol. The SMILES string of the molecule is C=CC1(OC)OCCCO1. The minimum absolute atomic E-state index is 0.667. The third kappa shape index (κ3) is 1.37. The Morgan fingerprint density at radius 3 is 2.40 bits per heavy atom. The largest absolute Gasteiger partial charge is 0.327 e. The molecule has 1 aliphatic rings. The molecule has 1 aliphatic heterocycles. The summed E-state index contributed by atoms with van der Waals surface area (Å²) in [6.45, 7) is 4.89. The first-order chi connectivity index (χ1) is 4.83. The van der Waals surface area contributed by atoms with Gasteiger partial charge in [-0.25, -0.2) is 0 Å². The summed E-state index contributed by atoms with van der Waals surface area (Å²) in [4.78, 5) is 0. The molecule has 10 heavy (non-hydrogen) atoms. The fourth-order valence-corrected chi connectivity index (χ4v) is 0.848. The molecule has 0 aliphatic carbocycles. The van der Waals surface area contributed by atoms with Crippen LogP contribution in [-0.4, -0.2) is 26.3 Å². The first-order valence-corrected chi connectivity index (χ1v) is 3.29. The van der Waals surface area contributed by atoms with Crippen molar-refractivity contribution in [2.75, 3.05) is 20.3 Å². The normalized spacial score (nSPS) is 24.1. The molecule has 3 heteroatoms. The van der Waals surface area contributed by atoms with Crippen LogP contribution in [0.1, 0.15) is 6.42 Å². The van der Waals surface area contributed by atoms with E-state index in [4.69, 9.17) is 14.2 Å². The molecule has 0 saturated carbocycles. The number of hydrogen-bond donors (Lipinski definition) is 0. The van der Waals surface area contributed by atoms with Crippen molar-refractivity contribution in [2.24, 2.45) is 0 Å². The Labute approximate surface area is 60.6 Å². The van der Waals surface area contributed by atoms with E-state index < -0.39 is 5.97 Å². The van der Waals surface area contributed by atoms with Crippen LogP contribution in [0.4, 0.5) is 0 Å². The predicted octanol–water partition coefficient (Wildman–Crippen LogP) is 0.909. The molecular formula is C7H12O3. The van der Waals surface area contributed by atoms with Crippen LogP contribution in [0.5, 0.6) is 0 Å². The molecule has 0 aromatic carbocycles. The molecular weight excluding hydrogens is 132 g/mol. The lowest BCUT2D eigenvalue weighted by atomic mass is 10.4. The summed E-state index contributed by atoms with van der Waals surface area (Å²) in [5.41, 5.74) is 0. The van der Waals surface area contributed by atoms with Gasteiger partial charge in [-0.1, -0.05) is 6.58 Å². The Hall–Kier alpha value is -0.380. The predicted molar refractivity (Wildman–Crippen MR) is 36.5 cm³/mol. The van der Waals surface area contributed by atoms with Gasteiger partial charge in [-0.3, -0.25) is 0 Å². The Kier molecular flexibility index (Phi) is 2.43. The molecule has 1 heterocycles. The second-order valence-corrected chi connectivity index (χ2v) is 2.06. The summed E-state index contributed by atoms with van der Waals surface area (Å²) in [5.74, 6) is -0.974. The van der Waals surface area contributed by atoms with E-state index in [0.29, 0.717) is 13.2 Å². The Morgan fingerprint density at radius 1 is 1.50 bits per heavy atom. The van der Waals surface area contributed by atoms with E-state index in [1.165, 1.54) is 13.2 Å². The minimum atomic E-state index is -0.974. The van der Waals surface area contributed by atoms with E-state index in [-0.39, 0.29) is 0 Å². The Morgan fingerprint density at radius 2 is 2.10 bits per heavy atom. The highest BCUT2D eigenvalue weighted by Crippen LogP contribution is 2.19. The summed E-state index contributed by atoms with van der Waals surface area (Å²) in [6, 6.07) is 0. The van der Waals surface area contributed by atoms with Gasteiger partial charge in [0.2, 0.25) is 0 Å². The summed E-state index contributed by atoms with van der Waals surface area (Å²) in [5, 5.41) is 0. The van der Waals surface area contributed by atoms with Gasteiger partial charge in [0.1, 0.15) is 0 Å². The molecule has 0 bridgehead atoms. The van der Waals surface area contributed by atoms with Crippen molar-refractivity contribution in [3.8, 4) is 0 Å². The van der Waals surface area contributed by atoms with Crippen molar-refractivity contribution >= 4 is 0 Å². The number of hydrogen-bond acceptors (Lipinski definition) is 3. The van der Waals surface area contributed by atoms with Gasteiger partial charge in [0.15, 0.2) is 0 Å². The minimum Gasteiger partial charge on any atom is -0.327 e. The zero-order valence-corrected chi connectivity index (χ0v) is 6.13. The average Bonchev–Trinajstić information content (AvgIpc) is 2.06. The van der Waals surface area contributed by atoms with Crippen molar-refractivity contribution < 1.29 is 14.2 Å². The van der Waals surface area contributed by atoms with Crippen molar-refractivity contribution in [3.63, 3.8) is 0 Å². The highest BCUT2D eigenvalue weighted by atomic mass is 16.9. The fourth-order valence-electron chi connectivity index (χ4n) is 0.848. The molecule has 1 saturated heterocycles. The van der Waals surface area contributed by atoms with E-state index >= 15 is 0 Å². The molecule has 0 aromatic heterocycles. The topological polar surface area (TPSA) is 27.7 Å². The molecule has 0 radical (unpaired) electrons. The van der Waals surface area contributed by atoms with E-state index in [9.17, 15) is 0 Å². The van der Waals surface area contributed by atoms with Crippen molar-refractivity contribution in [2.45, 2.75) is 12.4 Å². The molecule has 58 valence electrons. The van der Waals surface area contributed by atoms with E-state index in [0.717, 1.165) is 6.42 Å². The summed E-state index contributed by atoms with van der Waals surface area (Å²) >= 11 is 0. The smallest absolute Gasteiger partial charge is 0.304 e. The van der Waals surface area contributed by atoms with Gasteiger partial charge in [-0.2, -0.15) is 0 Å². The van der Waals surface area contributed by atoms with E-state index in [1.54, 1.807) is 0 Å². The maximum Gasteiger partial charge on any atom is 0.304 e. The maximum atomic E-state index is 5.20. The van der Waals surface area contributed by atoms with E-state index in [1.807, 2.05) is 0 Å². The first kappa shape index (κ1) is 7.72. The molecule has 1 rings (SSSR count). The second-order valence-electron chi connectivity index (χ2n) is 2.06. The van der Waals surface area contributed by atoms with Crippen LogP contribution in [-0.2, 0) is 14.2 Å². The number of methoxy groups -OCH3 is 1. The molecule has 0 spiro atoms. The van der Waals surface area contributed by atoms with Crippen LogP contribution in [0.3, 0.4) is 0 Å². The zero-order chi connectivity index (χ0) is 7.45. The van der Waals surface area contributed by atoms with Crippen molar-refractivity contribution in [3.05, 3.63) is 12.7 Å². The monoisotopic (exact) mass is 144 g/mol. The van der Waals surface area contributed by atoms with Crippen LogP contribution < -0.4 is 0 Å². The van der Waals surface area contributed by atoms with Gasteiger partial charge in [0, 0.05) is 7.11 Å². The summed E-state index contributed by atoms with van der Waals surface area (Å²) in [6.07, 6.45) is 2.44. The van der Waals surface area contributed by atoms with Crippen LogP contribution in [0, 0.1) is 0 Å². The highest BCUT2D eigenvalue weighted by molar-refractivity contribution is 4.82. The van der Waals surface area contributed by atoms with Crippen LogP contribution >= 0.6 is 0 Å². The second kappa shape index (κ2) is 3.14. The van der Waals surface area contributed by atoms with Gasteiger partial charge in [0.25, 0.3) is 0 Å². The first-order valence-electron chi connectivity index (χ1n) is 3.29. The van der Waals surface area contributed by atoms with Gasteiger partial charge in [0.05, 0.1) is 13.2 Å². The van der Waals surface area contributed by atoms with Crippen LogP contribution in [0.2, 0.25) is 0 Å². The lowest BCUT2D eigenvalue weighted by molar-refractivity contribution is -0.360. The van der Waals surface area contributed by atoms with Crippen LogP contribution in [0.15, 0.2) is 12.7 Å². The van der Waals surface area contributed by atoms with E-state index in [2.05, 4.69) is 6.58 Å². The van der Waals surface area contributed by atoms with Crippen molar-refractivity contribution in [1.29, 1.82) is 0 Å². The third-order valence-electron chi connectivity index (χ3n) is 1.43. The number of ether oxygens (including phenoxy) is 3. The Balaban J connectivity index is 2.52. The fraction of sp³-hybridized carbons (Fsp3) is 0.714. The third-order valence-corrected chi connectivity index (χ3v) is 1.43. The van der Waals surface area contributed by atoms with Gasteiger partial charge < -0.3 is 14.2 Å². The maximum absolute atomic E-state index is 5.20. The molecule has 3 nitrogen and oxygen atoms in total. The Bertz CT molecular complexity index is 116. The summed E-state index contributed by atoms with van der Waals surface area (Å²) < 4.78 is 15.4. The van der Waals surface area contributed by atoms with Gasteiger partial charge in [-0.15, -0.1) is 0 Å². The summed E-state index contributed by atoms with van der Waals surface area (Å²) in [7, 11) is 1.53. The molecule has 0 N–H and O–H groups in total. The standard InChI is InChI=1S/C7H12O3/c1-3-7(8-2)9-5-4-6-10-7/h3H,1,4-6H2,2H3. The van der Waals surface area contributed by atoms with Crippen molar-refractivity contribution in [1.82, 2.24) is 0 Å². The van der Waals surface area contributed by atoms with Gasteiger partial charge in [-0.05, 0) is 12.5 Å². The lowest BCUT2D eigenvalue weighted by Crippen LogP contribution is -2.40. The van der Waals surface area contributed by atoms with Crippen LogP contribution in [0.25, 0.3) is 0 Å². The van der Waals surface area contributed by atoms with Gasteiger partial charge >= 0.3 is 5.97 Å². The molecule has 0 unspecified atom stereocenters. The molecule has 1 fully saturated rings. The highest BCUT2D eigenvalue weighted by Gasteiger charge is 2.30. The molecule has 0 aromatic rings. The quantitative estimate of drug-likeness (QED) is 0.539. The molecule has 0 atom stereocenters. The molecule has 0 amide bonds. The zero-order valence-electron chi connectivity index (χ0n) is 6.13. The lowest BCUT2D eigenvalue weighted by Gasteiger charge is -2.32. The number of rotatable bonds is 2.